The van der Waals surface area contributed by atoms with Gasteiger partial charge >= 0.3 is 0 Å². The predicted octanol–water partition coefficient (Wildman–Crippen LogP) is 3.15. The molecule has 0 aromatic carbocycles. The van der Waals surface area contributed by atoms with Crippen LogP contribution in [-0.2, 0) is 10.0 Å². The largest absolute Gasteiger partial charge is 0.214 e. The van der Waals surface area contributed by atoms with Crippen LogP contribution in [0.25, 0.3) is 0 Å². The molecule has 1 saturated heterocycles. The third-order valence-corrected chi connectivity index (χ3v) is 7.11. The van der Waals surface area contributed by atoms with Gasteiger partial charge in [-0.2, -0.15) is 4.31 Å². The standard InChI is InChI=1S/C13H24BrNO2S/c14-10-13-8-4-5-9-15(13)18(16,17)11-12-6-2-1-3-7-12/h12-13H,1-11H2. The van der Waals surface area contributed by atoms with Gasteiger partial charge in [-0.1, -0.05) is 41.6 Å². The van der Waals surface area contributed by atoms with Gasteiger partial charge < -0.3 is 0 Å². The highest BCUT2D eigenvalue weighted by molar-refractivity contribution is 9.09. The zero-order valence-electron chi connectivity index (χ0n) is 11.0. The van der Waals surface area contributed by atoms with Crippen molar-refractivity contribution in [2.45, 2.75) is 57.4 Å². The molecule has 1 atom stereocenters. The summed E-state index contributed by atoms with van der Waals surface area (Å²) in [5.41, 5.74) is 0. The molecule has 18 heavy (non-hydrogen) atoms. The van der Waals surface area contributed by atoms with Gasteiger partial charge in [-0.3, -0.25) is 0 Å². The van der Waals surface area contributed by atoms with Crippen LogP contribution in [0, 0.1) is 5.92 Å². The van der Waals surface area contributed by atoms with Crippen LogP contribution in [0.3, 0.4) is 0 Å². The Hall–Kier alpha value is 0.390. The molecule has 1 aliphatic heterocycles. The fourth-order valence-corrected chi connectivity index (χ4v) is 6.27. The lowest BCUT2D eigenvalue weighted by molar-refractivity contribution is 0.269. The minimum atomic E-state index is -3.04. The third kappa shape index (κ3) is 3.70. The van der Waals surface area contributed by atoms with E-state index in [1.54, 1.807) is 4.31 Å². The van der Waals surface area contributed by atoms with Crippen molar-refractivity contribution >= 4 is 26.0 Å². The monoisotopic (exact) mass is 337 g/mol. The van der Waals surface area contributed by atoms with Gasteiger partial charge in [-0.15, -0.1) is 0 Å². The van der Waals surface area contributed by atoms with Crippen molar-refractivity contribution in [3.05, 3.63) is 0 Å². The van der Waals surface area contributed by atoms with Gasteiger partial charge in [0.15, 0.2) is 0 Å². The molecule has 0 aromatic rings. The molecule has 0 aromatic heterocycles. The number of piperidine rings is 1. The summed E-state index contributed by atoms with van der Waals surface area (Å²) >= 11 is 3.46. The molecule has 2 fully saturated rings. The fraction of sp³-hybridized carbons (Fsp3) is 1.00. The molecule has 1 aliphatic carbocycles. The minimum Gasteiger partial charge on any atom is -0.212 e. The highest BCUT2D eigenvalue weighted by atomic mass is 79.9. The molecular formula is C13H24BrNO2S. The van der Waals surface area contributed by atoms with Crippen molar-refractivity contribution in [3.8, 4) is 0 Å². The molecule has 0 bridgehead atoms. The van der Waals surface area contributed by atoms with Crippen LogP contribution in [0.5, 0.6) is 0 Å². The molecule has 2 rings (SSSR count). The first-order valence-corrected chi connectivity index (χ1v) is 9.92. The second-order valence-electron chi connectivity index (χ2n) is 5.70. The summed E-state index contributed by atoms with van der Waals surface area (Å²) in [6.45, 7) is 0.728. The molecule has 0 radical (unpaired) electrons. The molecule has 106 valence electrons. The van der Waals surface area contributed by atoms with Gasteiger partial charge in [0.25, 0.3) is 0 Å². The maximum Gasteiger partial charge on any atom is 0.214 e. The Morgan fingerprint density at radius 1 is 1.00 bits per heavy atom. The van der Waals surface area contributed by atoms with E-state index in [2.05, 4.69) is 15.9 Å². The highest BCUT2D eigenvalue weighted by Crippen LogP contribution is 2.28. The number of alkyl halides is 1. The summed E-state index contributed by atoms with van der Waals surface area (Å²) < 4.78 is 26.8. The molecule has 1 unspecified atom stereocenters. The van der Waals surface area contributed by atoms with Gasteiger partial charge in [0, 0.05) is 17.9 Å². The van der Waals surface area contributed by atoms with Crippen molar-refractivity contribution < 1.29 is 8.42 Å². The van der Waals surface area contributed by atoms with E-state index in [4.69, 9.17) is 0 Å². The van der Waals surface area contributed by atoms with Crippen LogP contribution in [0.15, 0.2) is 0 Å². The number of sulfonamides is 1. The van der Waals surface area contributed by atoms with E-state index in [1.165, 1.54) is 19.3 Å². The fourth-order valence-electron chi connectivity index (χ4n) is 3.24. The lowest BCUT2D eigenvalue weighted by atomic mass is 9.91. The normalized spacial score (nSPS) is 28.4. The number of nitrogens with zero attached hydrogens (tertiary/aromatic N) is 1. The lowest BCUT2D eigenvalue weighted by Gasteiger charge is -2.35. The lowest BCUT2D eigenvalue weighted by Crippen LogP contribution is -2.46. The van der Waals surface area contributed by atoms with Gasteiger partial charge in [0.1, 0.15) is 0 Å². The average Bonchev–Trinajstić information content (AvgIpc) is 2.39. The minimum absolute atomic E-state index is 0.187. The zero-order chi connectivity index (χ0) is 13.0. The molecular weight excluding hydrogens is 314 g/mol. The van der Waals surface area contributed by atoms with E-state index in [0.29, 0.717) is 11.7 Å². The van der Waals surface area contributed by atoms with Crippen LogP contribution < -0.4 is 0 Å². The summed E-state index contributed by atoms with van der Waals surface area (Å²) in [6, 6.07) is 0.187. The van der Waals surface area contributed by atoms with E-state index in [1.807, 2.05) is 0 Å². The van der Waals surface area contributed by atoms with Gasteiger partial charge in [0.05, 0.1) is 5.75 Å². The maximum absolute atomic E-state index is 12.5. The van der Waals surface area contributed by atoms with Gasteiger partial charge in [0.2, 0.25) is 10.0 Å². The molecule has 1 saturated carbocycles. The van der Waals surface area contributed by atoms with Crippen molar-refractivity contribution in [2.24, 2.45) is 5.92 Å². The molecule has 5 heteroatoms. The first-order valence-electron chi connectivity index (χ1n) is 7.19. The van der Waals surface area contributed by atoms with E-state index in [0.717, 1.165) is 44.0 Å². The predicted molar refractivity (Wildman–Crippen MR) is 78.5 cm³/mol. The Labute approximate surface area is 119 Å². The molecule has 3 nitrogen and oxygen atoms in total. The van der Waals surface area contributed by atoms with Crippen molar-refractivity contribution in [3.63, 3.8) is 0 Å². The average molecular weight is 338 g/mol. The summed E-state index contributed by atoms with van der Waals surface area (Å²) in [5, 5.41) is 0.775. The van der Waals surface area contributed by atoms with E-state index in [-0.39, 0.29) is 6.04 Å². The molecule has 1 heterocycles. The Morgan fingerprint density at radius 3 is 2.33 bits per heavy atom. The first kappa shape index (κ1) is 14.8. The summed E-state index contributed by atoms with van der Waals surface area (Å²) in [4.78, 5) is 0. The Morgan fingerprint density at radius 2 is 1.67 bits per heavy atom. The molecule has 0 spiro atoms. The van der Waals surface area contributed by atoms with Gasteiger partial charge in [-0.05, 0) is 31.6 Å². The summed E-state index contributed by atoms with van der Waals surface area (Å²) in [5.74, 6) is 0.790. The zero-order valence-corrected chi connectivity index (χ0v) is 13.4. The van der Waals surface area contributed by atoms with Crippen LogP contribution in [0.2, 0.25) is 0 Å². The van der Waals surface area contributed by atoms with E-state index < -0.39 is 10.0 Å². The maximum atomic E-state index is 12.5. The van der Waals surface area contributed by atoms with Crippen molar-refractivity contribution in [2.75, 3.05) is 17.6 Å². The SMILES string of the molecule is O=S(=O)(CC1CCCCC1)N1CCCCC1CBr. The summed E-state index contributed by atoms with van der Waals surface area (Å²) in [6.07, 6.45) is 9.10. The van der Waals surface area contributed by atoms with Crippen LogP contribution in [0.4, 0.5) is 0 Å². The Kier molecular flexibility index (Phi) is 5.51. The Bertz CT molecular complexity index is 352. The quantitative estimate of drug-likeness (QED) is 0.739. The second kappa shape index (κ2) is 6.71. The smallest absolute Gasteiger partial charge is 0.212 e. The number of halogens is 1. The van der Waals surface area contributed by atoms with E-state index in [9.17, 15) is 8.42 Å². The van der Waals surface area contributed by atoms with Crippen LogP contribution in [-0.4, -0.2) is 36.4 Å². The van der Waals surface area contributed by atoms with Crippen LogP contribution >= 0.6 is 15.9 Å². The van der Waals surface area contributed by atoms with Gasteiger partial charge in [-0.25, -0.2) is 8.42 Å². The number of rotatable bonds is 4. The number of hydrogen-bond acceptors (Lipinski definition) is 2. The molecule has 2 aliphatic rings. The molecule has 0 N–H and O–H groups in total. The number of hydrogen-bond donors (Lipinski definition) is 0. The van der Waals surface area contributed by atoms with E-state index >= 15 is 0 Å². The van der Waals surface area contributed by atoms with Crippen molar-refractivity contribution in [1.29, 1.82) is 0 Å². The van der Waals surface area contributed by atoms with Crippen LogP contribution in [0.1, 0.15) is 51.4 Å². The topological polar surface area (TPSA) is 37.4 Å². The Balaban J connectivity index is 1.99. The molecule has 0 amide bonds. The third-order valence-electron chi connectivity index (χ3n) is 4.28. The second-order valence-corrected chi connectivity index (χ2v) is 8.31. The first-order chi connectivity index (χ1) is 8.63. The highest BCUT2D eigenvalue weighted by Gasteiger charge is 2.33. The summed E-state index contributed by atoms with van der Waals surface area (Å²) in [7, 11) is -3.04. The van der Waals surface area contributed by atoms with Crippen molar-refractivity contribution in [1.82, 2.24) is 4.31 Å².